The van der Waals surface area contributed by atoms with Crippen LogP contribution in [0.15, 0.2) is 77.9 Å². The summed E-state index contributed by atoms with van der Waals surface area (Å²) >= 11 is 0. The van der Waals surface area contributed by atoms with Crippen molar-refractivity contribution in [1.29, 1.82) is 0 Å². The number of anilines is 1. The molecule has 1 heterocycles. The third-order valence-corrected chi connectivity index (χ3v) is 6.60. The summed E-state index contributed by atoms with van der Waals surface area (Å²) in [6.07, 6.45) is 1.95. The number of hydrazone groups is 1. The van der Waals surface area contributed by atoms with E-state index in [4.69, 9.17) is 10.2 Å². The van der Waals surface area contributed by atoms with Crippen LogP contribution in [0.4, 0.5) is 5.69 Å². The molecule has 3 aromatic rings. The van der Waals surface area contributed by atoms with Crippen LogP contribution in [0.2, 0.25) is 0 Å². The Morgan fingerprint density at radius 3 is 2.06 bits per heavy atom. The number of benzene rings is 3. The van der Waals surface area contributed by atoms with E-state index in [1.165, 1.54) is 22.3 Å². The molecule has 32 heavy (non-hydrogen) atoms. The molecule has 0 atom stereocenters. The number of aliphatic hydroxyl groups excluding tert-OH is 1. The van der Waals surface area contributed by atoms with Crippen molar-refractivity contribution >= 4 is 11.9 Å². The molecule has 0 aromatic heterocycles. The molecule has 1 aliphatic carbocycles. The van der Waals surface area contributed by atoms with Crippen LogP contribution in [0, 0.1) is 0 Å². The lowest BCUT2D eigenvalue weighted by Gasteiger charge is -2.37. The summed E-state index contributed by atoms with van der Waals surface area (Å²) in [4.78, 5) is 4.64. The Morgan fingerprint density at radius 2 is 1.47 bits per heavy atom. The van der Waals surface area contributed by atoms with E-state index < -0.39 is 0 Å². The standard InChI is InChI=1S/C27H30N4O/c1-29(18-19-32)22-12-10-21(11-13-22)20-28-31-16-14-30(15-17-31)27-25-8-4-2-6-23(25)24-7-3-5-9-26(24)27/h2-13,20,27,32H,14-19H2,1H3. The summed E-state index contributed by atoms with van der Waals surface area (Å²) in [5.41, 5.74) is 7.80. The fourth-order valence-electron chi connectivity index (χ4n) is 4.85. The summed E-state index contributed by atoms with van der Waals surface area (Å²) in [5, 5.41) is 16.0. The molecule has 0 bridgehead atoms. The summed E-state index contributed by atoms with van der Waals surface area (Å²) in [6.45, 7) is 4.63. The van der Waals surface area contributed by atoms with Crippen LogP contribution in [0.1, 0.15) is 22.7 Å². The van der Waals surface area contributed by atoms with Crippen LogP contribution in [-0.2, 0) is 0 Å². The molecular weight excluding hydrogens is 396 g/mol. The van der Waals surface area contributed by atoms with Gasteiger partial charge in [-0.25, -0.2) is 0 Å². The number of hydrogen-bond acceptors (Lipinski definition) is 5. The van der Waals surface area contributed by atoms with Crippen LogP contribution in [0.3, 0.4) is 0 Å². The van der Waals surface area contributed by atoms with Crippen molar-refractivity contribution in [1.82, 2.24) is 9.91 Å². The minimum absolute atomic E-state index is 0.156. The van der Waals surface area contributed by atoms with Crippen molar-refractivity contribution < 1.29 is 5.11 Å². The van der Waals surface area contributed by atoms with E-state index in [0.29, 0.717) is 12.6 Å². The van der Waals surface area contributed by atoms with E-state index in [9.17, 15) is 0 Å². The van der Waals surface area contributed by atoms with Gasteiger partial charge in [0.2, 0.25) is 0 Å². The van der Waals surface area contributed by atoms with Gasteiger partial charge in [0.15, 0.2) is 0 Å². The van der Waals surface area contributed by atoms with Crippen molar-refractivity contribution in [3.8, 4) is 11.1 Å². The highest BCUT2D eigenvalue weighted by Gasteiger charge is 2.33. The molecular formula is C27H30N4O. The number of fused-ring (bicyclic) bond motifs is 3. The van der Waals surface area contributed by atoms with Gasteiger partial charge < -0.3 is 10.0 Å². The molecule has 1 N–H and O–H groups in total. The Kier molecular flexibility index (Phi) is 5.93. The number of nitrogens with zero attached hydrogens (tertiary/aromatic N) is 4. The first-order valence-corrected chi connectivity index (χ1v) is 11.4. The monoisotopic (exact) mass is 426 g/mol. The first-order valence-electron chi connectivity index (χ1n) is 11.4. The molecule has 3 aromatic carbocycles. The Morgan fingerprint density at radius 1 is 0.875 bits per heavy atom. The molecule has 0 saturated carbocycles. The molecule has 1 saturated heterocycles. The van der Waals surface area contributed by atoms with Crippen molar-refractivity contribution in [2.45, 2.75) is 6.04 Å². The minimum atomic E-state index is 0.156. The lowest BCUT2D eigenvalue weighted by molar-refractivity contribution is 0.114. The number of piperazine rings is 1. The predicted octanol–water partition coefficient (Wildman–Crippen LogP) is 3.84. The summed E-state index contributed by atoms with van der Waals surface area (Å²) in [5.74, 6) is 0. The average Bonchev–Trinajstić information content (AvgIpc) is 3.18. The van der Waals surface area contributed by atoms with Crippen molar-refractivity contribution in [3.05, 3.63) is 89.5 Å². The topological polar surface area (TPSA) is 42.3 Å². The van der Waals surface area contributed by atoms with E-state index in [-0.39, 0.29) is 6.61 Å². The molecule has 164 valence electrons. The van der Waals surface area contributed by atoms with E-state index in [2.05, 4.69) is 82.7 Å². The van der Waals surface area contributed by atoms with E-state index >= 15 is 0 Å². The van der Waals surface area contributed by atoms with E-state index in [0.717, 1.165) is 37.4 Å². The maximum Gasteiger partial charge on any atom is 0.0615 e. The second kappa shape index (κ2) is 9.15. The normalized spacial score (nSPS) is 16.4. The van der Waals surface area contributed by atoms with Gasteiger partial charge in [-0.3, -0.25) is 9.91 Å². The molecule has 1 fully saturated rings. The molecule has 5 rings (SSSR count). The zero-order valence-electron chi connectivity index (χ0n) is 18.6. The van der Waals surface area contributed by atoms with Crippen LogP contribution in [0.25, 0.3) is 11.1 Å². The van der Waals surface area contributed by atoms with Gasteiger partial charge in [0.05, 0.1) is 18.9 Å². The molecule has 1 aliphatic heterocycles. The van der Waals surface area contributed by atoms with Gasteiger partial charge >= 0.3 is 0 Å². The lowest BCUT2D eigenvalue weighted by Crippen LogP contribution is -2.45. The third kappa shape index (κ3) is 4.01. The summed E-state index contributed by atoms with van der Waals surface area (Å²) in [6, 6.07) is 26.3. The van der Waals surface area contributed by atoms with Crippen molar-refractivity contribution in [2.24, 2.45) is 5.10 Å². The number of likely N-dealkylation sites (N-methyl/N-ethyl adjacent to an activating group) is 1. The van der Waals surface area contributed by atoms with Crippen LogP contribution < -0.4 is 4.90 Å². The third-order valence-electron chi connectivity index (χ3n) is 6.60. The van der Waals surface area contributed by atoms with Gasteiger partial charge in [-0.15, -0.1) is 0 Å². The molecule has 5 heteroatoms. The Balaban J connectivity index is 1.23. The fourth-order valence-corrected chi connectivity index (χ4v) is 4.85. The van der Waals surface area contributed by atoms with Crippen molar-refractivity contribution in [2.75, 3.05) is 51.3 Å². The zero-order valence-corrected chi connectivity index (χ0v) is 18.6. The highest BCUT2D eigenvalue weighted by Crippen LogP contribution is 2.46. The van der Waals surface area contributed by atoms with Gasteiger partial charge in [0.1, 0.15) is 0 Å². The minimum Gasteiger partial charge on any atom is -0.395 e. The van der Waals surface area contributed by atoms with E-state index in [1.807, 2.05) is 18.2 Å². The Labute approximate surface area is 190 Å². The molecule has 0 amide bonds. The van der Waals surface area contributed by atoms with Crippen LogP contribution >= 0.6 is 0 Å². The second-order valence-corrected chi connectivity index (χ2v) is 8.55. The number of hydrogen-bond donors (Lipinski definition) is 1. The Hall–Kier alpha value is -3.15. The number of rotatable bonds is 6. The molecule has 0 spiro atoms. The average molecular weight is 427 g/mol. The first kappa shape index (κ1) is 20.7. The molecule has 2 aliphatic rings. The van der Waals surface area contributed by atoms with Gasteiger partial charge in [-0.1, -0.05) is 60.7 Å². The molecule has 5 nitrogen and oxygen atoms in total. The summed E-state index contributed by atoms with van der Waals surface area (Å²) < 4.78 is 0. The quantitative estimate of drug-likeness (QED) is 0.609. The van der Waals surface area contributed by atoms with Gasteiger partial charge in [0, 0.05) is 45.5 Å². The first-order chi connectivity index (χ1) is 15.7. The smallest absolute Gasteiger partial charge is 0.0615 e. The zero-order chi connectivity index (χ0) is 21.9. The highest BCUT2D eigenvalue weighted by atomic mass is 16.3. The second-order valence-electron chi connectivity index (χ2n) is 8.55. The Bertz CT molecular complexity index is 1040. The van der Waals surface area contributed by atoms with Crippen LogP contribution in [0.5, 0.6) is 0 Å². The van der Waals surface area contributed by atoms with Crippen LogP contribution in [-0.4, -0.2) is 67.6 Å². The SMILES string of the molecule is CN(CCO)c1ccc(C=NN2CCN(C3c4ccccc4-c4ccccc43)CC2)cc1. The largest absolute Gasteiger partial charge is 0.395 e. The maximum absolute atomic E-state index is 9.09. The maximum atomic E-state index is 9.09. The molecule has 0 unspecified atom stereocenters. The summed E-state index contributed by atoms with van der Waals surface area (Å²) in [7, 11) is 1.99. The highest BCUT2D eigenvalue weighted by molar-refractivity contribution is 5.80. The van der Waals surface area contributed by atoms with Gasteiger partial charge in [-0.2, -0.15) is 5.10 Å². The molecule has 0 radical (unpaired) electrons. The van der Waals surface area contributed by atoms with E-state index in [1.54, 1.807) is 0 Å². The lowest BCUT2D eigenvalue weighted by atomic mass is 10.0. The fraction of sp³-hybridized carbons (Fsp3) is 0.296. The van der Waals surface area contributed by atoms with Crippen molar-refractivity contribution in [3.63, 3.8) is 0 Å². The van der Waals surface area contributed by atoms with Gasteiger partial charge in [-0.05, 0) is 39.9 Å². The predicted molar refractivity (Wildman–Crippen MR) is 131 cm³/mol. The van der Waals surface area contributed by atoms with Gasteiger partial charge in [0.25, 0.3) is 0 Å². The number of aliphatic hydroxyl groups is 1.